The first-order valence-corrected chi connectivity index (χ1v) is 5.06. The summed E-state index contributed by atoms with van der Waals surface area (Å²) < 4.78 is 49.0. The Hall–Kier alpha value is -1.63. The first kappa shape index (κ1) is 14.4. The molecule has 1 aromatic rings. The summed E-state index contributed by atoms with van der Waals surface area (Å²) in [6, 6.07) is 2.44. The molecule has 98 valence electrons. The third-order valence-corrected chi connectivity index (χ3v) is 2.15. The van der Waals surface area contributed by atoms with Crippen LogP contribution in [-0.4, -0.2) is 23.7 Å². The number of nitrogens with one attached hydrogen (secondary N) is 1. The number of carbonyl (C=O) groups is 2. The van der Waals surface area contributed by atoms with Crippen LogP contribution in [-0.2, 0) is 4.79 Å². The van der Waals surface area contributed by atoms with Gasteiger partial charge in [-0.1, -0.05) is 0 Å². The van der Waals surface area contributed by atoms with Crippen LogP contribution in [0.3, 0.4) is 0 Å². The van der Waals surface area contributed by atoms with E-state index in [0.29, 0.717) is 6.07 Å². The summed E-state index contributed by atoms with van der Waals surface area (Å²) in [6.07, 6.45) is -5.13. The molecule has 0 aliphatic carbocycles. The summed E-state index contributed by atoms with van der Waals surface area (Å²) in [4.78, 5) is 22.0. The smallest absolute Gasteiger partial charge is 0.317 e. The molecule has 3 nitrogen and oxygen atoms in total. The fourth-order valence-corrected chi connectivity index (χ4v) is 1.27. The third kappa shape index (κ3) is 3.43. The molecule has 8 heteroatoms. The van der Waals surface area contributed by atoms with Gasteiger partial charge in [-0.25, -0.2) is 4.39 Å². The van der Waals surface area contributed by atoms with Crippen molar-refractivity contribution in [3.63, 3.8) is 0 Å². The maximum atomic E-state index is 12.9. The van der Waals surface area contributed by atoms with E-state index in [4.69, 9.17) is 11.6 Å². The number of halogens is 5. The Bertz CT molecular complexity index is 487. The lowest BCUT2D eigenvalue weighted by molar-refractivity contribution is -0.167. The largest absolute Gasteiger partial charge is 0.471 e. The third-order valence-electron chi connectivity index (χ3n) is 1.91. The highest BCUT2D eigenvalue weighted by Gasteiger charge is 2.39. The van der Waals surface area contributed by atoms with Gasteiger partial charge in [0, 0.05) is 5.56 Å². The van der Waals surface area contributed by atoms with Crippen LogP contribution in [0.25, 0.3) is 0 Å². The van der Waals surface area contributed by atoms with Crippen molar-refractivity contribution in [3.05, 3.63) is 29.6 Å². The van der Waals surface area contributed by atoms with E-state index in [0.717, 1.165) is 12.1 Å². The van der Waals surface area contributed by atoms with Gasteiger partial charge in [0.15, 0.2) is 5.78 Å². The Morgan fingerprint density at radius 3 is 2.39 bits per heavy atom. The van der Waals surface area contributed by atoms with Gasteiger partial charge in [-0.2, -0.15) is 13.2 Å². The first-order chi connectivity index (χ1) is 8.25. The highest BCUT2D eigenvalue weighted by Crippen LogP contribution is 2.22. The lowest BCUT2D eigenvalue weighted by atomic mass is 10.1. The molecule has 0 aliphatic rings. The number of amides is 1. The minimum absolute atomic E-state index is 0.288. The maximum absolute atomic E-state index is 12.9. The molecule has 0 fully saturated rings. The number of Topliss-reactive ketones (excluding diaryl/α,β-unsaturated/α-hetero) is 1. The van der Waals surface area contributed by atoms with E-state index in [1.54, 1.807) is 0 Å². The number of hydrogen-bond donors (Lipinski definition) is 1. The summed E-state index contributed by atoms with van der Waals surface area (Å²) >= 11 is 5.25. The van der Waals surface area contributed by atoms with Gasteiger partial charge in [-0.05, 0) is 18.2 Å². The van der Waals surface area contributed by atoms with Gasteiger partial charge in [0.25, 0.3) is 0 Å². The Labute approximate surface area is 104 Å². The summed E-state index contributed by atoms with van der Waals surface area (Å²) in [5, 5.41) is 1.42. The molecule has 0 saturated heterocycles. The summed E-state index contributed by atoms with van der Waals surface area (Å²) in [5.41, 5.74) is -0.855. The molecule has 1 rings (SSSR count). The average molecular weight is 284 g/mol. The average Bonchev–Trinajstić information content (AvgIpc) is 2.27. The van der Waals surface area contributed by atoms with Crippen molar-refractivity contribution in [1.29, 1.82) is 0 Å². The van der Waals surface area contributed by atoms with Crippen LogP contribution in [0.5, 0.6) is 0 Å². The van der Waals surface area contributed by atoms with E-state index in [2.05, 4.69) is 0 Å². The quantitative estimate of drug-likeness (QED) is 0.527. The Morgan fingerprint density at radius 1 is 1.28 bits per heavy atom. The molecule has 1 N–H and O–H groups in total. The van der Waals surface area contributed by atoms with Gasteiger partial charge in [-0.15, -0.1) is 11.6 Å². The number of anilines is 1. The second-order valence-electron chi connectivity index (χ2n) is 3.20. The highest BCUT2D eigenvalue weighted by atomic mass is 35.5. The van der Waals surface area contributed by atoms with Gasteiger partial charge in [0.1, 0.15) is 5.82 Å². The van der Waals surface area contributed by atoms with Crippen LogP contribution in [0.1, 0.15) is 10.4 Å². The lowest BCUT2D eigenvalue weighted by Gasteiger charge is -2.11. The number of hydrogen-bond acceptors (Lipinski definition) is 2. The van der Waals surface area contributed by atoms with Crippen molar-refractivity contribution in [3.8, 4) is 0 Å². The highest BCUT2D eigenvalue weighted by molar-refractivity contribution is 6.31. The van der Waals surface area contributed by atoms with Gasteiger partial charge in [0.2, 0.25) is 0 Å². The van der Waals surface area contributed by atoms with Crippen LogP contribution in [0.15, 0.2) is 18.2 Å². The molecule has 0 radical (unpaired) electrons. The molecule has 0 aliphatic heterocycles. The summed E-state index contributed by atoms with van der Waals surface area (Å²) in [6.45, 7) is 0. The zero-order valence-electron chi connectivity index (χ0n) is 8.65. The molecule has 0 bridgehead atoms. The zero-order valence-corrected chi connectivity index (χ0v) is 9.40. The van der Waals surface area contributed by atoms with E-state index in [-0.39, 0.29) is 5.56 Å². The second-order valence-corrected chi connectivity index (χ2v) is 3.47. The van der Waals surface area contributed by atoms with E-state index in [1.165, 1.54) is 5.32 Å². The monoisotopic (exact) mass is 283 g/mol. The van der Waals surface area contributed by atoms with E-state index >= 15 is 0 Å². The van der Waals surface area contributed by atoms with Crippen LogP contribution < -0.4 is 5.32 Å². The molecular formula is C10H6ClF4NO2. The Balaban J connectivity index is 3.11. The molecule has 18 heavy (non-hydrogen) atoms. The van der Waals surface area contributed by atoms with Gasteiger partial charge >= 0.3 is 12.1 Å². The van der Waals surface area contributed by atoms with Gasteiger partial charge < -0.3 is 5.32 Å². The number of ketones is 1. The zero-order chi connectivity index (χ0) is 13.9. The summed E-state index contributed by atoms with van der Waals surface area (Å²) in [7, 11) is 0. The maximum Gasteiger partial charge on any atom is 0.471 e. The molecule has 0 heterocycles. The van der Waals surface area contributed by atoms with Crippen molar-refractivity contribution in [2.24, 2.45) is 0 Å². The predicted molar refractivity (Wildman–Crippen MR) is 56.1 cm³/mol. The Morgan fingerprint density at radius 2 is 1.89 bits per heavy atom. The SMILES string of the molecule is O=C(CCl)c1ccc(F)cc1NC(=O)C(F)(F)F. The molecule has 1 amide bonds. The molecule has 0 saturated carbocycles. The molecule has 0 atom stereocenters. The minimum Gasteiger partial charge on any atom is -0.317 e. The van der Waals surface area contributed by atoms with Crippen molar-refractivity contribution < 1.29 is 27.2 Å². The van der Waals surface area contributed by atoms with E-state index in [1.807, 2.05) is 0 Å². The van der Waals surface area contributed by atoms with Crippen molar-refractivity contribution >= 4 is 29.0 Å². The molecule has 0 aromatic heterocycles. The van der Waals surface area contributed by atoms with Crippen molar-refractivity contribution in [2.45, 2.75) is 6.18 Å². The number of benzene rings is 1. The van der Waals surface area contributed by atoms with Crippen molar-refractivity contribution in [1.82, 2.24) is 0 Å². The first-order valence-electron chi connectivity index (χ1n) is 4.52. The van der Waals surface area contributed by atoms with E-state index < -0.39 is 35.3 Å². The number of carbonyl (C=O) groups excluding carboxylic acids is 2. The number of rotatable bonds is 3. The van der Waals surface area contributed by atoms with Gasteiger partial charge in [-0.3, -0.25) is 9.59 Å². The lowest BCUT2D eigenvalue weighted by Crippen LogP contribution is -2.30. The standard InChI is InChI=1S/C10H6ClF4NO2/c11-4-8(17)6-2-1-5(12)3-7(6)16-9(18)10(13,14)15/h1-3H,4H2,(H,16,18). The van der Waals surface area contributed by atoms with E-state index in [9.17, 15) is 27.2 Å². The topological polar surface area (TPSA) is 46.2 Å². The van der Waals surface area contributed by atoms with Crippen molar-refractivity contribution in [2.75, 3.05) is 11.2 Å². The van der Waals surface area contributed by atoms with Crippen LogP contribution in [0.2, 0.25) is 0 Å². The minimum atomic E-state index is -5.13. The fourth-order valence-electron chi connectivity index (χ4n) is 1.13. The summed E-state index contributed by atoms with van der Waals surface area (Å²) in [5.74, 6) is -4.41. The molecule has 0 unspecified atom stereocenters. The van der Waals surface area contributed by atoms with Crippen LogP contribution >= 0.6 is 11.6 Å². The van der Waals surface area contributed by atoms with Crippen LogP contribution in [0, 0.1) is 5.82 Å². The fraction of sp³-hybridized carbons (Fsp3) is 0.200. The van der Waals surface area contributed by atoms with Gasteiger partial charge in [0.05, 0.1) is 11.6 Å². The molecule has 0 spiro atoms. The Kier molecular flexibility index (Phi) is 4.28. The second kappa shape index (κ2) is 5.34. The van der Waals surface area contributed by atoms with Crippen LogP contribution in [0.4, 0.5) is 23.2 Å². The number of alkyl halides is 4. The molecule has 1 aromatic carbocycles. The predicted octanol–water partition coefficient (Wildman–Crippen LogP) is 2.75. The molecular weight excluding hydrogens is 278 g/mol. The normalized spacial score (nSPS) is 11.2.